The molecule has 1 aliphatic carbocycles. The minimum Gasteiger partial charge on any atom is -0.313 e. The first-order valence-corrected chi connectivity index (χ1v) is 7.05. The predicted octanol–water partition coefficient (Wildman–Crippen LogP) is 3.71. The molecule has 94 valence electrons. The Hall–Kier alpha value is -0.820. The van der Waals surface area contributed by atoms with Gasteiger partial charge >= 0.3 is 0 Å². The van der Waals surface area contributed by atoms with Crippen molar-refractivity contribution in [1.29, 1.82) is 0 Å². The topological polar surface area (TPSA) is 12.0 Å². The van der Waals surface area contributed by atoms with Gasteiger partial charge in [0.1, 0.15) is 0 Å². The van der Waals surface area contributed by atoms with Gasteiger partial charge in [0.15, 0.2) is 0 Å². The average Bonchev–Trinajstić information content (AvgIpc) is 2.34. The first-order valence-electron chi connectivity index (χ1n) is 7.05. The number of hydrogen-bond donors (Lipinski definition) is 1. The molecule has 1 N–H and O–H groups in total. The molecule has 0 amide bonds. The van der Waals surface area contributed by atoms with Gasteiger partial charge in [0.05, 0.1) is 0 Å². The minimum atomic E-state index is 0.757. The van der Waals surface area contributed by atoms with Crippen LogP contribution in [0.15, 0.2) is 24.3 Å². The van der Waals surface area contributed by atoms with Crippen LogP contribution < -0.4 is 5.32 Å². The first-order chi connectivity index (χ1) is 8.27. The van der Waals surface area contributed by atoms with Gasteiger partial charge < -0.3 is 5.32 Å². The van der Waals surface area contributed by atoms with E-state index in [0.717, 1.165) is 24.9 Å². The van der Waals surface area contributed by atoms with Crippen LogP contribution in [0.2, 0.25) is 0 Å². The van der Waals surface area contributed by atoms with Gasteiger partial charge in [0.25, 0.3) is 0 Å². The van der Waals surface area contributed by atoms with E-state index in [1.54, 1.807) is 0 Å². The maximum absolute atomic E-state index is 3.75. The number of aryl methyl sites for hydroxylation is 1. The molecule has 1 aromatic rings. The average molecular weight is 231 g/mol. The molecule has 0 bridgehead atoms. The molecular weight excluding hydrogens is 206 g/mol. The van der Waals surface area contributed by atoms with Crippen LogP contribution in [0.5, 0.6) is 0 Å². The molecule has 0 heterocycles. The largest absolute Gasteiger partial charge is 0.313 e. The van der Waals surface area contributed by atoms with Crippen LogP contribution in [0.1, 0.15) is 43.7 Å². The summed E-state index contributed by atoms with van der Waals surface area (Å²) in [6.07, 6.45) is 6.77. The van der Waals surface area contributed by atoms with Gasteiger partial charge in [-0.25, -0.2) is 0 Å². The second kappa shape index (κ2) is 6.20. The Labute approximate surface area is 106 Å². The summed E-state index contributed by atoms with van der Waals surface area (Å²) in [5.74, 6) is 0.862. The van der Waals surface area contributed by atoms with Crippen molar-refractivity contribution >= 4 is 0 Å². The fraction of sp³-hybridized carbons (Fsp3) is 0.625. The first kappa shape index (κ1) is 12.6. The van der Waals surface area contributed by atoms with Crippen molar-refractivity contribution in [1.82, 2.24) is 5.32 Å². The predicted molar refractivity (Wildman–Crippen MR) is 74.3 cm³/mol. The molecule has 0 aromatic heterocycles. The van der Waals surface area contributed by atoms with Crippen LogP contribution in [0.4, 0.5) is 0 Å². The van der Waals surface area contributed by atoms with E-state index in [1.807, 2.05) is 0 Å². The molecule has 1 saturated carbocycles. The maximum Gasteiger partial charge on any atom is 0.00928 e. The second-order valence-corrected chi connectivity index (χ2v) is 5.50. The van der Waals surface area contributed by atoms with Crippen molar-refractivity contribution in [3.05, 3.63) is 35.4 Å². The lowest BCUT2D eigenvalue weighted by Gasteiger charge is -2.29. The molecule has 0 spiro atoms. The molecule has 2 rings (SSSR count). The van der Waals surface area contributed by atoms with Crippen LogP contribution in [-0.2, 0) is 6.42 Å². The van der Waals surface area contributed by atoms with Crippen molar-refractivity contribution in [2.45, 2.75) is 52.0 Å². The van der Waals surface area contributed by atoms with Gasteiger partial charge in [-0.05, 0) is 49.8 Å². The minimum absolute atomic E-state index is 0.757. The van der Waals surface area contributed by atoms with E-state index in [0.29, 0.717) is 0 Å². The molecule has 1 aliphatic rings. The Morgan fingerprint density at radius 3 is 2.71 bits per heavy atom. The van der Waals surface area contributed by atoms with Crippen LogP contribution in [0.25, 0.3) is 0 Å². The monoisotopic (exact) mass is 231 g/mol. The summed E-state index contributed by atoms with van der Waals surface area (Å²) in [5, 5.41) is 3.75. The van der Waals surface area contributed by atoms with Crippen molar-refractivity contribution < 1.29 is 0 Å². The van der Waals surface area contributed by atoms with Gasteiger partial charge in [0.2, 0.25) is 0 Å². The second-order valence-electron chi connectivity index (χ2n) is 5.50. The molecule has 2 unspecified atom stereocenters. The van der Waals surface area contributed by atoms with Crippen molar-refractivity contribution in [2.75, 3.05) is 6.54 Å². The highest BCUT2D eigenvalue weighted by molar-refractivity contribution is 5.25. The third kappa shape index (κ3) is 3.57. The maximum atomic E-state index is 3.75. The molecule has 2 atom stereocenters. The molecule has 0 radical (unpaired) electrons. The van der Waals surface area contributed by atoms with Gasteiger partial charge in [-0.2, -0.15) is 0 Å². The summed E-state index contributed by atoms with van der Waals surface area (Å²) in [5.41, 5.74) is 2.91. The van der Waals surface area contributed by atoms with Crippen LogP contribution >= 0.6 is 0 Å². The quantitative estimate of drug-likeness (QED) is 0.833. The SMILES string of the molecule is Cc1ccccc1CCNC1CCCCC1C. The smallest absolute Gasteiger partial charge is 0.00928 e. The zero-order valence-electron chi connectivity index (χ0n) is 11.2. The van der Waals surface area contributed by atoms with Crippen molar-refractivity contribution in [3.8, 4) is 0 Å². The Bertz CT molecular complexity index is 345. The van der Waals surface area contributed by atoms with Crippen LogP contribution in [0, 0.1) is 12.8 Å². The number of benzene rings is 1. The van der Waals surface area contributed by atoms with E-state index in [9.17, 15) is 0 Å². The molecule has 1 heteroatoms. The highest BCUT2D eigenvalue weighted by Crippen LogP contribution is 2.23. The summed E-state index contributed by atoms with van der Waals surface area (Å²) in [4.78, 5) is 0. The summed E-state index contributed by atoms with van der Waals surface area (Å²) in [7, 11) is 0. The number of nitrogens with one attached hydrogen (secondary N) is 1. The molecular formula is C16H25N. The third-order valence-electron chi connectivity index (χ3n) is 4.17. The lowest BCUT2D eigenvalue weighted by atomic mass is 9.86. The molecule has 0 aliphatic heterocycles. The van der Waals surface area contributed by atoms with E-state index >= 15 is 0 Å². The zero-order chi connectivity index (χ0) is 12.1. The highest BCUT2D eigenvalue weighted by Gasteiger charge is 2.20. The van der Waals surface area contributed by atoms with E-state index < -0.39 is 0 Å². The fourth-order valence-corrected chi connectivity index (χ4v) is 2.90. The summed E-state index contributed by atoms with van der Waals surface area (Å²) in [6.45, 7) is 5.73. The van der Waals surface area contributed by atoms with Gasteiger partial charge in [-0.1, -0.05) is 44.0 Å². The van der Waals surface area contributed by atoms with E-state index in [1.165, 1.54) is 36.8 Å². The molecule has 1 fully saturated rings. The Morgan fingerprint density at radius 1 is 1.18 bits per heavy atom. The standard InChI is InChI=1S/C16H25N/c1-13-7-3-5-9-15(13)11-12-17-16-10-6-4-8-14(16)2/h3,5,7,9,14,16-17H,4,6,8,10-12H2,1-2H3. The Morgan fingerprint density at radius 2 is 1.94 bits per heavy atom. The normalized spacial score (nSPS) is 24.8. The molecule has 1 aromatic carbocycles. The summed E-state index contributed by atoms with van der Waals surface area (Å²) < 4.78 is 0. The molecule has 17 heavy (non-hydrogen) atoms. The van der Waals surface area contributed by atoms with Gasteiger partial charge in [-0.15, -0.1) is 0 Å². The lowest BCUT2D eigenvalue weighted by molar-refractivity contribution is 0.282. The summed E-state index contributed by atoms with van der Waals surface area (Å²) in [6, 6.07) is 9.48. The van der Waals surface area contributed by atoms with Crippen molar-refractivity contribution in [3.63, 3.8) is 0 Å². The van der Waals surface area contributed by atoms with Gasteiger partial charge in [-0.3, -0.25) is 0 Å². The van der Waals surface area contributed by atoms with E-state index in [-0.39, 0.29) is 0 Å². The summed E-state index contributed by atoms with van der Waals surface area (Å²) >= 11 is 0. The lowest BCUT2D eigenvalue weighted by Crippen LogP contribution is -2.38. The molecule has 1 nitrogen and oxygen atoms in total. The number of rotatable bonds is 4. The van der Waals surface area contributed by atoms with E-state index in [2.05, 4.69) is 43.4 Å². The van der Waals surface area contributed by atoms with Gasteiger partial charge in [0, 0.05) is 6.04 Å². The fourth-order valence-electron chi connectivity index (χ4n) is 2.90. The third-order valence-corrected chi connectivity index (χ3v) is 4.17. The van der Waals surface area contributed by atoms with Crippen molar-refractivity contribution in [2.24, 2.45) is 5.92 Å². The van der Waals surface area contributed by atoms with E-state index in [4.69, 9.17) is 0 Å². The molecule has 0 saturated heterocycles. The zero-order valence-corrected chi connectivity index (χ0v) is 11.2. The Kier molecular flexibility index (Phi) is 4.61. The Balaban J connectivity index is 1.77. The van der Waals surface area contributed by atoms with Crippen LogP contribution in [0.3, 0.4) is 0 Å². The van der Waals surface area contributed by atoms with Crippen LogP contribution in [-0.4, -0.2) is 12.6 Å². The number of hydrogen-bond acceptors (Lipinski definition) is 1. The highest BCUT2D eigenvalue weighted by atomic mass is 14.9.